The molecule has 0 aromatic heterocycles. The van der Waals surface area contributed by atoms with Crippen LogP contribution < -0.4 is 5.32 Å². The van der Waals surface area contributed by atoms with E-state index in [0.717, 1.165) is 36.2 Å². The second kappa shape index (κ2) is 5.93. The van der Waals surface area contributed by atoms with Gasteiger partial charge in [0.1, 0.15) is 0 Å². The summed E-state index contributed by atoms with van der Waals surface area (Å²) in [4.78, 5) is 0. The van der Waals surface area contributed by atoms with Gasteiger partial charge >= 0.3 is 0 Å². The van der Waals surface area contributed by atoms with E-state index in [1.165, 1.54) is 5.56 Å². The Morgan fingerprint density at radius 1 is 1.05 bits per heavy atom. The van der Waals surface area contributed by atoms with E-state index in [-0.39, 0.29) is 0 Å². The van der Waals surface area contributed by atoms with Crippen molar-refractivity contribution in [2.45, 2.75) is 18.9 Å². The number of rotatable bonds is 3. The maximum absolute atomic E-state index is 10.4. The smallest absolute Gasteiger partial charge is 0.0995 e. The van der Waals surface area contributed by atoms with Crippen molar-refractivity contribution >= 4 is 11.8 Å². The Balaban J connectivity index is 1.84. The van der Waals surface area contributed by atoms with Crippen molar-refractivity contribution in [3.63, 3.8) is 0 Å². The minimum atomic E-state index is -0.573. The first-order valence-electron chi connectivity index (χ1n) is 7.11. The minimum absolute atomic E-state index is 0.573. The zero-order chi connectivity index (χ0) is 13.8. The molecular formula is C18H19NO. The van der Waals surface area contributed by atoms with Gasteiger partial charge in [-0.15, -0.1) is 0 Å². The lowest BCUT2D eigenvalue weighted by Gasteiger charge is -2.22. The fourth-order valence-electron chi connectivity index (χ4n) is 2.65. The summed E-state index contributed by atoms with van der Waals surface area (Å²) in [5.41, 5.74) is 4.49. The van der Waals surface area contributed by atoms with E-state index in [1.807, 2.05) is 54.6 Å². The first-order valence-corrected chi connectivity index (χ1v) is 7.11. The molecule has 2 N–H and O–H groups in total. The van der Waals surface area contributed by atoms with Crippen molar-refractivity contribution < 1.29 is 5.11 Å². The predicted octanol–water partition coefficient (Wildman–Crippen LogP) is 3.79. The van der Waals surface area contributed by atoms with Gasteiger partial charge in [-0.05, 0) is 24.0 Å². The molecule has 0 amide bonds. The first-order chi connectivity index (χ1) is 9.84. The molecule has 1 atom stereocenters. The number of aliphatic hydroxyl groups is 1. The third-order valence-electron chi connectivity index (χ3n) is 3.70. The van der Waals surface area contributed by atoms with E-state index in [2.05, 4.69) is 11.4 Å². The lowest BCUT2D eigenvalue weighted by molar-refractivity contribution is 0.230. The van der Waals surface area contributed by atoms with Gasteiger partial charge in [0.05, 0.1) is 6.10 Å². The molecule has 1 aliphatic rings. The molecule has 0 fully saturated rings. The molecular weight excluding hydrogens is 246 g/mol. The van der Waals surface area contributed by atoms with Crippen LogP contribution in [0, 0.1) is 0 Å². The molecule has 1 aliphatic heterocycles. The molecule has 0 spiro atoms. The van der Waals surface area contributed by atoms with Gasteiger partial charge in [0.2, 0.25) is 0 Å². The topological polar surface area (TPSA) is 32.3 Å². The second-order valence-electron chi connectivity index (χ2n) is 5.13. The minimum Gasteiger partial charge on any atom is -0.385 e. The third-order valence-corrected chi connectivity index (χ3v) is 3.70. The van der Waals surface area contributed by atoms with Crippen molar-refractivity contribution in [3.05, 3.63) is 71.3 Å². The van der Waals surface area contributed by atoms with Crippen LogP contribution >= 0.6 is 0 Å². The van der Waals surface area contributed by atoms with Crippen LogP contribution in [0.15, 0.2) is 54.6 Å². The number of aliphatic hydroxyl groups excluding tert-OH is 1. The van der Waals surface area contributed by atoms with E-state index in [4.69, 9.17) is 0 Å². The highest BCUT2D eigenvalue weighted by Gasteiger charge is 2.15. The Hall–Kier alpha value is -2.06. The molecule has 102 valence electrons. The molecule has 0 saturated carbocycles. The van der Waals surface area contributed by atoms with Crippen LogP contribution in [0.2, 0.25) is 0 Å². The number of para-hydroxylation sites is 1. The largest absolute Gasteiger partial charge is 0.385 e. The second-order valence-corrected chi connectivity index (χ2v) is 5.13. The van der Waals surface area contributed by atoms with E-state index in [9.17, 15) is 5.11 Å². The van der Waals surface area contributed by atoms with E-state index >= 15 is 0 Å². The number of aryl methyl sites for hydroxylation is 1. The highest BCUT2D eigenvalue weighted by molar-refractivity contribution is 5.61. The summed E-state index contributed by atoms with van der Waals surface area (Å²) in [6, 6.07) is 16.2. The van der Waals surface area contributed by atoms with Gasteiger partial charge in [-0.2, -0.15) is 0 Å². The van der Waals surface area contributed by atoms with Crippen LogP contribution in [0.3, 0.4) is 0 Å². The van der Waals surface area contributed by atoms with Gasteiger partial charge in [0.15, 0.2) is 0 Å². The van der Waals surface area contributed by atoms with Gasteiger partial charge in [0, 0.05) is 17.8 Å². The predicted molar refractivity (Wildman–Crippen MR) is 83.7 cm³/mol. The Morgan fingerprint density at radius 3 is 2.75 bits per heavy atom. The average Bonchev–Trinajstić information content (AvgIpc) is 2.53. The van der Waals surface area contributed by atoms with Crippen LogP contribution in [0.4, 0.5) is 5.69 Å². The average molecular weight is 265 g/mol. The zero-order valence-corrected chi connectivity index (χ0v) is 11.4. The molecule has 2 heteroatoms. The van der Waals surface area contributed by atoms with Crippen molar-refractivity contribution in [2.24, 2.45) is 0 Å². The summed E-state index contributed by atoms with van der Waals surface area (Å²) in [6.45, 7) is 0.985. The van der Waals surface area contributed by atoms with Crippen molar-refractivity contribution in [3.8, 4) is 0 Å². The van der Waals surface area contributed by atoms with Gasteiger partial charge in [-0.3, -0.25) is 0 Å². The quantitative estimate of drug-likeness (QED) is 0.885. The lowest BCUT2D eigenvalue weighted by Crippen LogP contribution is -2.14. The molecule has 2 aromatic rings. The van der Waals surface area contributed by atoms with Gasteiger partial charge in [-0.25, -0.2) is 0 Å². The van der Waals surface area contributed by atoms with Gasteiger partial charge in [0.25, 0.3) is 0 Å². The maximum atomic E-state index is 10.4. The highest BCUT2D eigenvalue weighted by Crippen LogP contribution is 2.31. The Kier molecular flexibility index (Phi) is 3.84. The molecule has 2 aromatic carbocycles. The highest BCUT2D eigenvalue weighted by atomic mass is 16.3. The summed E-state index contributed by atoms with van der Waals surface area (Å²) >= 11 is 0. The van der Waals surface area contributed by atoms with E-state index in [0.29, 0.717) is 0 Å². The summed E-state index contributed by atoms with van der Waals surface area (Å²) < 4.78 is 0. The number of anilines is 1. The Morgan fingerprint density at radius 2 is 1.90 bits per heavy atom. The number of hydrogen-bond acceptors (Lipinski definition) is 2. The van der Waals surface area contributed by atoms with Crippen LogP contribution in [-0.2, 0) is 6.42 Å². The van der Waals surface area contributed by atoms with E-state index in [1.54, 1.807) is 0 Å². The molecule has 2 nitrogen and oxygen atoms in total. The molecule has 3 rings (SSSR count). The van der Waals surface area contributed by atoms with Crippen molar-refractivity contribution in [1.29, 1.82) is 0 Å². The van der Waals surface area contributed by atoms with E-state index < -0.39 is 6.10 Å². The number of hydrogen-bond donors (Lipinski definition) is 2. The summed E-state index contributed by atoms with van der Waals surface area (Å²) in [5, 5.41) is 13.8. The number of fused-ring (bicyclic) bond motifs is 1. The van der Waals surface area contributed by atoms with Crippen LogP contribution in [0.5, 0.6) is 0 Å². The Labute approximate surface area is 119 Å². The fraction of sp³-hybridized carbons (Fsp3) is 0.222. The molecule has 0 saturated heterocycles. The number of benzene rings is 2. The molecule has 1 heterocycles. The zero-order valence-electron chi connectivity index (χ0n) is 11.4. The SMILES string of the molecule is OC(/C=C/c1ccccc1)c1cccc2c1NCCC2. The monoisotopic (exact) mass is 265 g/mol. The van der Waals surface area contributed by atoms with Gasteiger partial charge in [-0.1, -0.05) is 60.7 Å². The van der Waals surface area contributed by atoms with Gasteiger partial charge < -0.3 is 10.4 Å². The fourth-order valence-corrected chi connectivity index (χ4v) is 2.65. The molecule has 20 heavy (non-hydrogen) atoms. The summed E-state index contributed by atoms with van der Waals surface area (Å²) in [6.07, 6.45) is 5.49. The van der Waals surface area contributed by atoms with Crippen LogP contribution in [-0.4, -0.2) is 11.7 Å². The first kappa shape index (κ1) is 12.9. The molecule has 1 unspecified atom stereocenters. The summed E-state index contributed by atoms with van der Waals surface area (Å²) in [5.74, 6) is 0. The normalized spacial score (nSPS) is 15.7. The molecule has 0 bridgehead atoms. The van der Waals surface area contributed by atoms with Crippen LogP contribution in [0.1, 0.15) is 29.2 Å². The standard InChI is InChI=1S/C18H19NO/c20-17(12-11-14-6-2-1-3-7-14)16-10-4-8-15-9-5-13-19-18(15)16/h1-4,6-8,10-12,17,19-20H,5,9,13H2/b12-11+. The van der Waals surface area contributed by atoms with Crippen molar-refractivity contribution in [2.75, 3.05) is 11.9 Å². The molecule has 0 aliphatic carbocycles. The third kappa shape index (κ3) is 2.75. The molecule has 0 radical (unpaired) electrons. The van der Waals surface area contributed by atoms with Crippen LogP contribution in [0.25, 0.3) is 6.08 Å². The van der Waals surface area contributed by atoms with Crippen molar-refractivity contribution in [1.82, 2.24) is 0 Å². The summed E-state index contributed by atoms with van der Waals surface area (Å²) in [7, 11) is 0. The maximum Gasteiger partial charge on any atom is 0.0995 e. The Bertz CT molecular complexity index is 604. The lowest BCUT2D eigenvalue weighted by atomic mass is 9.96. The number of nitrogens with one attached hydrogen (secondary N) is 1.